The van der Waals surface area contributed by atoms with E-state index in [4.69, 9.17) is 9.94 Å². The van der Waals surface area contributed by atoms with Crippen molar-refractivity contribution < 1.29 is 14.7 Å². The van der Waals surface area contributed by atoms with Gasteiger partial charge in [-0.25, -0.2) is 4.79 Å². The summed E-state index contributed by atoms with van der Waals surface area (Å²) in [5.74, 6) is -0.489. The van der Waals surface area contributed by atoms with Crippen LogP contribution >= 0.6 is 0 Å². The maximum atomic E-state index is 10.3. The molecule has 0 saturated carbocycles. The molecule has 1 atom stereocenters. The Morgan fingerprint density at radius 2 is 2.29 bits per heavy atom. The first-order chi connectivity index (χ1) is 8.18. The van der Waals surface area contributed by atoms with Crippen molar-refractivity contribution in [2.24, 2.45) is 5.16 Å². The van der Waals surface area contributed by atoms with Crippen LogP contribution < -0.4 is 0 Å². The van der Waals surface area contributed by atoms with Gasteiger partial charge in [-0.1, -0.05) is 36.3 Å². The lowest BCUT2D eigenvalue weighted by atomic mass is 9.83. The van der Waals surface area contributed by atoms with Crippen molar-refractivity contribution in [2.75, 3.05) is 6.61 Å². The van der Waals surface area contributed by atoms with E-state index >= 15 is 0 Å². The SMILES string of the molecule is CC1CC/C(=N/OCC(=O)O)c2ccccc21. The van der Waals surface area contributed by atoms with Crippen molar-refractivity contribution in [2.45, 2.75) is 25.7 Å². The van der Waals surface area contributed by atoms with E-state index < -0.39 is 5.97 Å². The molecule has 4 nitrogen and oxygen atoms in total. The van der Waals surface area contributed by atoms with Crippen molar-refractivity contribution in [3.05, 3.63) is 35.4 Å². The van der Waals surface area contributed by atoms with Gasteiger partial charge in [-0.05, 0) is 24.3 Å². The van der Waals surface area contributed by atoms with Gasteiger partial charge in [-0.2, -0.15) is 0 Å². The molecule has 0 aliphatic heterocycles. The molecule has 0 amide bonds. The highest BCUT2D eigenvalue weighted by atomic mass is 16.6. The van der Waals surface area contributed by atoms with Gasteiger partial charge in [0, 0.05) is 5.56 Å². The van der Waals surface area contributed by atoms with Crippen LogP contribution in [-0.4, -0.2) is 23.4 Å². The van der Waals surface area contributed by atoms with Gasteiger partial charge in [0.2, 0.25) is 6.61 Å². The first-order valence-corrected chi connectivity index (χ1v) is 5.68. The Labute approximate surface area is 99.9 Å². The Morgan fingerprint density at radius 1 is 1.53 bits per heavy atom. The molecular formula is C13H15NO3. The molecule has 4 heteroatoms. The van der Waals surface area contributed by atoms with Crippen LogP contribution in [0.2, 0.25) is 0 Å². The summed E-state index contributed by atoms with van der Waals surface area (Å²) in [6.07, 6.45) is 1.85. The van der Waals surface area contributed by atoms with E-state index in [2.05, 4.69) is 18.1 Å². The smallest absolute Gasteiger partial charge is 0.344 e. The predicted octanol–water partition coefficient (Wildman–Crippen LogP) is 2.39. The Balaban J connectivity index is 2.21. The molecule has 0 heterocycles. The molecule has 1 aliphatic rings. The van der Waals surface area contributed by atoms with Crippen molar-refractivity contribution in [3.8, 4) is 0 Å². The molecule has 0 aromatic heterocycles. The Bertz CT molecular complexity index is 454. The molecule has 0 bridgehead atoms. The molecule has 2 rings (SSSR count). The van der Waals surface area contributed by atoms with Crippen molar-refractivity contribution in [3.63, 3.8) is 0 Å². The number of fused-ring (bicyclic) bond motifs is 1. The zero-order valence-corrected chi connectivity index (χ0v) is 9.72. The normalized spacial score (nSPS) is 21.0. The largest absolute Gasteiger partial charge is 0.479 e. The topological polar surface area (TPSA) is 58.9 Å². The molecule has 17 heavy (non-hydrogen) atoms. The van der Waals surface area contributed by atoms with Crippen molar-refractivity contribution in [1.82, 2.24) is 0 Å². The minimum absolute atomic E-state index is 0.388. The van der Waals surface area contributed by atoms with Crippen LogP contribution in [0.4, 0.5) is 0 Å². The second kappa shape index (κ2) is 4.99. The zero-order chi connectivity index (χ0) is 12.3. The van der Waals surface area contributed by atoms with Crippen LogP contribution in [0.3, 0.4) is 0 Å². The number of benzene rings is 1. The molecule has 1 N–H and O–H groups in total. The third-order valence-electron chi connectivity index (χ3n) is 2.98. The highest BCUT2D eigenvalue weighted by Crippen LogP contribution is 2.31. The first-order valence-electron chi connectivity index (χ1n) is 5.68. The van der Waals surface area contributed by atoms with E-state index in [1.54, 1.807) is 0 Å². The monoisotopic (exact) mass is 233 g/mol. The zero-order valence-electron chi connectivity index (χ0n) is 9.72. The molecule has 90 valence electrons. The van der Waals surface area contributed by atoms with Crippen LogP contribution in [0.5, 0.6) is 0 Å². The molecule has 0 fully saturated rings. The summed E-state index contributed by atoms with van der Waals surface area (Å²) in [7, 11) is 0. The van der Waals surface area contributed by atoms with Crippen molar-refractivity contribution >= 4 is 11.7 Å². The van der Waals surface area contributed by atoms with Gasteiger partial charge >= 0.3 is 5.97 Å². The molecule has 1 aromatic rings. The molecule has 0 spiro atoms. The fourth-order valence-electron chi connectivity index (χ4n) is 2.09. The maximum Gasteiger partial charge on any atom is 0.344 e. The van der Waals surface area contributed by atoms with E-state index in [0.717, 1.165) is 24.1 Å². The van der Waals surface area contributed by atoms with Gasteiger partial charge in [0.15, 0.2) is 0 Å². The maximum absolute atomic E-state index is 10.3. The fourth-order valence-corrected chi connectivity index (χ4v) is 2.09. The van der Waals surface area contributed by atoms with Crippen molar-refractivity contribution in [1.29, 1.82) is 0 Å². The van der Waals surface area contributed by atoms with E-state index in [9.17, 15) is 4.79 Å². The average molecular weight is 233 g/mol. The molecular weight excluding hydrogens is 218 g/mol. The summed E-state index contributed by atoms with van der Waals surface area (Å²) in [5.41, 5.74) is 3.19. The van der Waals surface area contributed by atoms with Gasteiger partial charge in [0.25, 0.3) is 0 Å². The van der Waals surface area contributed by atoms with Gasteiger partial charge in [-0.15, -0.1) is 0 Å². The van der Waals surface area contributed by atoms with Crippen LogP contribution in [-0.2, 0) is 9.63 Å². The van der Waals surface area contributed by atoms with Crippen LogP contribution in [0.15, 0.2) is 29.4 Å². The first kappa shape index (κ1) is 11.6. The predicted molar refractivity (Wildman–Crippen MR) is 64.2 cm³/mol. The molecule has 1 unspecified atom stereocenters. The summed E-state index contributed by atoms with van der Waals surface area (Å²) < 4.78 is 0. The highest BCUT2D eigenvalue weighted by molar-refractivity contribution is 6.02. The average Bonchev–Trinajstić information content (AvgIpc) is 2.32. The number of carboxylic acids is 1. The Hall–Kier alpha value is -1.84. The number of carbonyl (C=O) groups is 1. The number of rotatable bonds is 3. The van der Waals surface area contributed by atoms with Gasteiger partial charge in [0.05, 0.1) is 5.71 Å². The second-order valence-corrected chi connectivity index (χ2v) is 4.23. The number of aliphatic carboxylic acids is 1. The van der Waals surface area contributed by atoms with E-state index in [1.807, 2.05) is 18.2 Å². The summed E-state index contributed by atoms with van der Waals surface area (Å²) in [6, 6.07) is 8.07. The van der Waals surface area contributed by atoms with Crippen LogP contribution in [0.25, 0.3) is 0 Å². The molecule has 1 aromatic carbocycles. The standard InChI is InChI=1S/C13H15NO3/c1-9-6-7-12(14-17-8-13(15)16)11-5-3-2-4-10(9)11/h2-5,9H,6-8H2,1H3,(H,15,16)/b14-12-. The minimum Gasteiger partial charge on any atom is -0.479 e. The lowest BCUT2D eigenvalue weighted by Gasteiger charge is -2.22. The summed E-state index contributed by atoms with van der Waals surface area (Å²) >= 11 is 0. The fraction of sp³-hybridized carbons (Fsp3) is 0.385. The Morgan fingerprint density at radius 3 is 3.06 bits per heavy atom. The van der Waals surface area contributed by atoms with E-state index in [1.165, 1.54) is 5.56 Å². The lowest BCUT2D eigenvalue weighted by Crippen LogP contribution is -2.15. The van der Waals surface area contributed by atoms with E-state index in [-0.39, 0.29) is 6.61 Å². The number of oxime groups is 1. The number of carboxylic acid groups (broad SMARTS) is 1. The van der Waals surface area contributed by atoms with E-state index in [0.29, 0.717) is 5.92 Å². The third kappa shape index (κ3) is 2.64. The minimum atomic E-state index is -1.01. The Kier molecular flexibility index (Phi) is 3.42. The molecule has 0 radical (unpaired) electrons. The van der Waals surface area contributed by atoms with Crippen LogP contribution in [0, 0.1) is 0 Å². The highest BCUT2D eigenvalue weighted by Gasteiger charge is 2.21. The van der Waals surface area contributed by atoms with Crippen LogP contribution in [0.1, 0.15) is 36.8 Å². The molecule has 1 aliphatic carbocycles. The van der Waals surface area contributed by atoms with Gasteiger partial charge in [-0.3, -0.25) is 0 Å². The third-order valence-corrected chi connectivity index (χ3v) is 2.98. The second-order valence-electron chi connectivity index (χ2n) is 4.23. The number of nitrogens with zero attached hydrogens (tertiary/aromatic N) is 1. The molecule has 0 saturated heterocycles. The number of hydrogen-bond acceptors (Lipinski definition) is 3. The number of hydrogen-bond donors (Lipinski definition) is 1. The summed E-state index contributed by atoms with van der Waals surface area (Å²) in [5, 5.41) is 12.4. The quantitative estimate of drug-likeness (QED) is 0.815. The summed E-state index contributed by atoms with van der Waals surface area (Å²) in [4.78, 5) is 15.2. The van der Waals surface area contributed by atoms with Gasteiger partial charge in [0.1, 0.15) is 0 Å². The lowest BCUT2D eigenvalue weighted by molar-refractivity contribution is -0.142. The van der Waals surface area contributed by atoms with Gasteiger partial charge < -0.3 is 9.94 Å². The summed E-state index contributed by atoms with van der Waals surface area (Å²) in [6.45, 7) is 1.80.